The molecule has 2 aromatic carbocycles. The minimum Gasteiger partial charge on any atom is -0.352 e. The Morgan fingerprint density at radius 2 is 1.86 bits per heavy atom. The van der Waals surface area contributed by atoms with Gasteiger partial charge < -0.3 is 15.1 Å². The number of nitrogens with one attached hydrogen (secondary N) is 2. The van der Waals surface area contributed by atoms with Crippen molar-refractivity contribution in [3.05, 3.63) is 76.2 Å². The minimum absolute atomic E-state index is 0.0336. The van der Waals surface area contributed by atoms with Gasteiger partial charge in [0, 0.05) is 67.2 Å². The van der Waals surface area contributed by atoms with E-state index in [0.29, 0.717) is 35.2 Å². The van der Waals surface area contributed by atoms with Crippen LogP contribution >= 0.6 is 15.9 Å². The summed E-state index contributed by atoms with van der Waals surface area (Å²) < 4.78 is 32.6. The van der Waals surface area contributed by atoms with E-state index in [-0.39, 0.29) is 56.9 Å². The van der Waals surface area contributed by atoms with Gasteiger partial charge in [-0.1, -0.05) is 18.2 Å². The fourth-order valence-corrected chi connectivity index (χ4v) is 7.22. The van der Waals surface area contributed by atoms with Gasteiger partial charge in [0.25, 0.3) is 11.8 Å². The van der Waals surface area contributed by atoms with E-state index < -0.39 is 42.5 Å². The molecule has 13 nitrogen and oxygen atoms in total. The summed E-state index contributed by atoms with van der Waals surface area (Å²) in [7, 11) is 0. The predicted molar refractivity (Wildman–Crippen MR) is 182 cm³/mol. The van der Waals surface area contributed by atoms with Gasteiger partial charge in [0.2, 0.25) is 17.7 Å². The van der Waals surface area contributed by atoms with Crippen molar-refractivity contribution in [3.63, 3.8) is 0 Å². The summed E-state index contributed by atoms with van der Waals surface area (Å²) in [5, 5.41) is 9.34. The second-order valence-corrected chi connectivity index (χ2v) is 13.8. The first kappa shape index (κ1) is 34.3. The van der Waals surface area contributed by atoms with Gasteiger partial charge in [-0.05, 0) is 64.5 Å². The van der Waals surface area contributed by atoms with Gasteiger partial charge in [0.15, 0.2) is 0 Å². The fourth-order valence-electron chi connectivity index (χ4n) is 6.78. The van der Waals surface area contributed by atoms with Gasteiger partial charge in [-0.25, -0.2) is 4.98 Å². The first-order chi connectivity index (χ1) is 24.5. The van der Waals surface area contributed by atoms with Crippen molar-refractivity contribution in [3.8, 4) is 11.3 Å². The molecule has 16 heteroatoms. The van der Waals surface area contributed by atoms with E-state index >= 15 is 8.78 Å². The van der Waals surface area contributed by atoms with Gasteiger partial charge in [0.1, 0.15) is 11.6 Å². The number of likely N-dealkylation sites (tertiary alicyclic amines) is 1. The second-order valence-electron chi connectivity index (χ2n) is 13.0. The number of alkyl halides is 2. The van der Waals surface area contributed by atoms with E-state index in [1.807, 2.05) is 24.4 Å². The SMILES string of the molecule is O=C(CCC(F)(F)C(=O)N1CCC(n2cc(-c3cnc4cccc(Br)c4n3)cn2)CC1)NCc1ccc2c(c1)CN(C1CCC(=O)NC1=O)C2=O. The van der Waals surface area contributed by atoms with Crippen LogP contribution in [0, 0.1) is 0 Å². The van der Waals surface area contributed by atoms with Crippen LogP contribution in [0.4, 0.5) is 8.78 Å². The predicted octanol–water partition coefficient (Wildman–Crippen LogP) is 3.91. The molecule has 0 aliphatic carbocycles. The Bertz CT molecular complexity index is 2060. The molecule has 5 heterocycles. The van der Waals surface area contributed by atoms with Crippen LogP contribution in [-0.4, -0.2) is 84.1 Å². The van der Waals surface area contributed by atoms with E-state index in [9.17, 15) is 24.0 Å². The number of rotatable bonds is 9. The molecule has 51 heavy (non-hydrogen) atoms. The maximum absolute atomic E-state index is 15.0. The molecule has 264 valence electrons. The zero-order valence-corrected chi connectivity index (χ0v) is 28.9. The Kier molecular flexibility index (Phi) is 9.35. The number of nitrogens with zero attached hydrogens (tertiary/aromatic N) is 6. The van der Waals surface area contributed by atoms with E-state index in [1.165, 1.54) is 4.90 Å². The van der Waals surface area contributed by atoms with Gasteiger partial charge >= 0.3 is 5.92 Å². The molecule has 2 saturated heterocycles. The van der Waals surface area contributed by atoms with Gasteiger partial charge in [-0.15, -0.1) is 0 Å². The summed E-state index contributed by atoms with van der Waals surface area (Å²) in [6.07, 6.45) is 5.00. The van der Waals surface area contributed by atoms with E-state index in [2.05, 4.69) is 36.6 Å². The summed E-state index contributed by atoms with van der Waals surface area (Å²) >= 11 is 3.50. The minimum atomic E-state index is -3.71. The van der Waals surface area contributed by atoms with Crippen molar-refractivity contribution in [1.29, 1.82) is 0 Å². The molecule has 1 unspecified atom stereocenters. The molecule has 2 aromatic heterocycles. The fraction of sp³-hybridized carbons (Fsp3) is 0.371. The first-order valence-electron chi connectivity index (χ1n) is 16.6. The molecule has 3 aliphatic heterocycles. The molecular formula is C35H33BrF2N8O5. The van der Waals surface area contributed by atoms with E-state index in [0.717, 1.165) is 26.0 Å². The Labute approximate surface area is 298 Å². The molecule has 0 spiro atoms. The lowest BCUT2D eigenvalue weighted by atomic mass is 10.0. The van der Waals surface area contributed by atoms with E-state index in [1.54, 1.807) is 35.3 Å². The molecule has 7 rings (SSSR count). The van der Waals surface area contributed by atoms with Crippen LogP contribution in [0.25, 0.3) is 22.3 Å². The van der Waals surface area contributed by atoms with Crippen molar-refractivity contribution < 1.29 is 32.8 Å². The summed E-state index contributed by atoms with van der Waals surface area (Å²) in [6, 6.07) is 9.79. The molecule has 2 fully saturated rings. The molecular weight excluding hydrogens is 730 g/mol. The lowest BCUT2D eigenvalue weighted by molar-refractivity contribution is -0.160. The molecule has 0 saturated carbocycles. The number of carbonyl (C=O) groups excluding carboxylic acids is 5. The lowest BCUT2D eigenvalue weighted by Gasteiger charge is -2.34. The lowest BCUT2D eigenvalue weighted by Crippen LogP contribution is -2.52. The number of imide groups is 1. The van der Waals surface area contributed by atoms with Gasteiger partial charge in [-0.3, -0.25) is 39.0 Å². The molecule has 2 N–H and O–H groups in total. The van der Waals surface area contributed by atoms with Crippen LogP contribution in [0.2, 0.25) is 0 Å². The molecule has 1 atom stereocenters. The average Bonchev–Trinajstić information content (AvgIpc) is 3.75. The Hall–Kier alpha value is -5.12. The van der Waals surface area contributed by atoms with Crippen molar-refractivity contribution in [2.45, 2.75) is 69.6 Å². The smallest absolute Gasteiger partial charge is 0.325 e. The number of para-hydroxylation sites is 1. The Morgan fingerprint density at radius 1 is 1.06 bits per heavy atom. The summed E-state index contributed by atoms with van der Waals surface area (Å²) in [5.41, 5.74) is 4.65. The monoisotopic (exact) mass is 762 g/mol. The quantitative estimate of drug-likeness (QED) is 0.243. The number of hydrogen-bond donors (Lipinski definition) is 2. The van der Waals surface area contributed by atoms with Crippen LogP contribution in [0.3, 0.4) is 0 Å². The number of hydrogen-bond acceptors (Lipinski definition) is 8. The molecule has 4 aromatic rings. The number of amides is 5. The number of aromatic nitrogens is 4. The third-order valence-corrected chi connectivity index (χ3v) is 10.2. The van der Waals surface area contributed by atoms with Crippen LogP contribution in [0.5, 0.6) is 0 Å². The topological polar surface area (TPSA) is 159 Å². The number of benzene rings is 2. The second kappa shape index (κ2) is 13.9. The molecule has 0 radical (unpaired) electrons. The van der Waals surface area contributed by atoms with Crippen LogP contribution in [0.15, 0.2) is 59.5 Å². The maximum Gasteiger partial charge on any atom is 0.325 e. The van der Waals surface area contributed by atoms with Crippen molar-refractivity contribution >= 4 is 56.5 Å². The Morgan fingerprint density at radius 3 is 2.65 bits per heavy atom. The average molecular weight is 764 g/mol. The maximum atomic E-state index is 15.0. The molecule has 3 aliphatic rings. The highest BCUT2D eigenvalue weighted by molar-refractivity contribution is 9.10. The van der Waals surface area contributed by atoms with E-state index in [4.69, 9.17) is 4.98 Å². The zero-order chi connectivity index (χ0) is 35.9. The normalized spacial score (nSPS) is 18.3. The highest BCUT2D eigenvalue weighted by Crippen LogP contribution is 2.31. The number of carbonyl (C=O) groups is 5. The van der Waals surface area contributed by atoms with Crippen molar-refractivity contribution in [2.24, 2.45) is 0 Å². The summed E-state index contributed by atoms with van der Waals surface area (Å²) in [6.45, 7) is 0.470. The van der Waals surface area contributed by atoms with Crippen LogP contribution in [-0.2, 0) is 32.3 Å². The number of fused-ring (bicyclic) bond motifs is 2. The highest BCUT2D eigenvalue weighted by atomic mass is 79.9. The standard InChI is InChI=1S/C35H33BrF2N8O5/c36-25-2-1-3-26-31(25)42-27(17-39-26)22-16-41-46(19-22)23-9-12-44(13-10-23)34(51)35(37,38)11-8-29(47)40-15-20-4-5-24-21(14-20)18-45(33(24)50)28-6-7-30(48)43-32(28)49/h1-5,14,16-17,19,23,28H,6-13,15,18H2,(H,40,47)(H,43,48,49). The van der Waals surface area contributed by atoms with Crippen LogP contribution < -0.4 is 10.6 Å². The van der Waals surface area contributed by atoms with Crippen LogP contribution in [0.1, 0.15) is 66.1 Å². The van der Waals surface area contributed by atoms with Crippen molar-refractivity contribution in [1.82, 2.24) is 40.2 Å². The van der Waals surface area contributed by atoms with Gasteiger partial charge in [0.05, 0.1) is 29.6 Å². The largest absolute Gasteiger partial charge is 0.352 e. The summed E-state index contributed by atoms with van der Waals surface area (Å²) in [4.78, 5) is 73.8. The third-order valence-electron chi connectivity index (χ3n) is 9.60. The van der Waals surface area contributed by atoms with Gasteiger partial charge in [-0.2, -0.15) is 13.9 Å². The highest BCUT2D eigenvalue weighted by Gasteiger charge is 2.43. The Balaban J connectivity index is 0.874. The number of halogens is 3. The number of piperidine rings is 2. The summed E-state index contributed by atoms with van der Waals surface area (Å²) in [5.74, 6) is -6.84. The van der Waals surface area contributed by atoms with Crippen molar-refractivity contribution in [2.75, 3.05) is 13.1 Å². The molecule has 5 amide bonds. The molecule has 0 bridgehead atoms. The first-order valence-corrected chi connectivity index (χ1v) is 17.4. The third kappa shape index (κ3) is 7.09. The zero-order valence-electron chi connectivity index (χ0n) is 27.3.